The smallest absolute Gasteiger partial charge is 0.308 e. The van der Waals surface area contributed by atoms with Crippen molar-refractivity contribution in [3.8, 4) is 23.0 Å². The lowest BCUT2D eigenvalue weighted by Crippen LogP contribution is -2.37. The van der Waals surface area contributed by atoms with Crippen LogP contribution in [-0.4, -0.2) is 51.8 Å². The number of methoxy groups -OCH3 is 3. The van der Waals surface area contributed by atoms with Crippen molar-refractivity contribution in [1.29, 1.82) is 0 Å². The molecule has 0 saturated carbocycles. The van der Waals surface area contributed by atoms with Gasteiger partial charge in [-0.3, -0.25) is 4.79 Å². The summed E-state index contributed by atoms with van der Waals surface area (Å²) in [5, 5.41) is 0. The summed E-state index contributed by atoms with van der Waals surface area (Å²) >= 11 is 0. The second kappa shape index (κ2) is 12.8. The quantitative estimate of drug-likeness (QED) is 0.246. The van der Waals surface area contributed by atoms with Crippen LogP contribution in [0.3, 0.4) is 0 Å². The number of halogens is 1. The average molecular weight is 522 g/mol. The van der Waals surface area contributed by atoms with E-state index < -0.39 is 0 Å². The maximum absolute atomic E-state index is 13.3. The van der Waals surface area contributed by atoms with E-state index in [0.717, 1.165) is 55.6 Å². The van der Waals surface area contributed by atoms with Crippen molar-refractivity contribution in [2.45, 2.75) is 32.1 Å². The van der Waals surface area contributed by atoms with E-state index in [1.54, 1.807) is 21.3 Å². The number of carbonyl (C=O) groups excluding carboxylic acids is 1. The first-order valence-corrected chi connectivity index (χ1v) is 13.0. The van der Waals surface area contributed by atoms with Crippen LogP contribution in [0, 0.1) is 11.7 Å². The molecule has 1 fully saturated rings. The zero-order chi connectivity index (χ0) is 27.1. The Morgan fingerprint density at radius 3 is 2.16 bits per heavy atom. The maximum atomic E-state index is 13.3. The van der Waals surface area contributed by atoms with Crippen molar-refractivity contribution in [1.82, 2.24) is 4.90 Å². The highest BCUT2D eigenvalue weighted by atomic mass is 19.1. The number of para-hydroxylation sites is 1. The van der Waals surface area contributed by atoms with Crippen LogP contribution in [0.2, 0.25) is 0 Å². The van der Waals surface area contributed by atoms with Crippen molar-refractivity contribution < 1.29 is 28.1 Å². The van der Waals surface area contributed by atoms with Gasteiger partial charge in [0.05, 0.1) is 21.3 Å². The molecule has 0 aliphatic carbocycles. The van der Waals surface area contributed by atoms with Gasteiger partial charge in [-0.2, -0.15) is 0 Å². The number of esters is 1. The van der Waals surface area contributed by atoms with Gasteiger partial charge in [-0.1, -0.05) is 30.3 Å². The van der Waals surface area contributed by atoms with Crippen molar-refractivity contribution in [2.24, 2.45) is 5.92 Å². The van der Waals surface area contributed by atoms with Crippen LogP contribution in [0.25, 0.3) is 0 Å². The molecule has 1 heterocycles. The minimum absolute atomic E-state index is 0.148. The fourth-order valence-electron chi connectivity index (χ4n) is 5.50. The Balaban J connectivity index is 1.66. The molecule has 0 spiro atoms. The largest absolute Gasteiger partial charge is 0.496 e. The van der Waals surface area contributed by atoms with Crippen molar-refractivity contribution >= 4 is 5.97 Å². The van der Waals surface area contributed by atoms with Gasteiger partial charge in [0.25, 0.3) is 0 Å². The number of piperidine rings is 1. The molecule has 6 nitrogen and oxygen atoms in total. The molecule has 3 aromatic carbocycles. The van der Waals surface area contributed by atoms with Gasteiger partial charge in [0, 0.05) is 30.5 Å². The molecular weight excluding hydrogens is 485 g/mol. The van der Waals surface area contributed by atoms with Gasteiger partial charge in [0.15, 0.2) is 11.5 Å². The monoisotopic (exact) mass is 521 g/mol. The SMILES string of the molecule is COc1cccc(C(c2c(OC)cccc2OC(C)=O)C2CCN(CCc3ccc(F)cc3)CC2)c1OC. The van der Waals surface area contributed by atoms with E-state index in [0.29, 0.717) is 23.0 Å². The third-order valence-electron chi connectivity index (χ3n) is 7.31. The molecular formula is C31H36FNO5. The number of benzene rings is 3. The highest BCUT2D eigenvalue weighted by molar-refractivity contribution is 5.71. The summed E-state index contributed by atoms with van der Waals surface area (Å²) in [7, 11) is 4.91. The van der Waals surface area contributed by atoms with E-state index in [2.05, 4.69) is 11.0 Å². The molecule has 3 aromatic rings. The Kier molecular flexibility index (Phi) is 9.24. The van der Waals surface area contributed by atoms with Crippen LogP contribution in [0.5, 0.6) is 23.0 Å². The van der Waals surface area contributed by atoms with Gasteiger partial charge in [0.2, 0.25) is 0 Å². The molecule has 0 radical (unpaired) electrons. The third-order valence-corrected chi connectivity index (χ3v) is 7.31. The van der Waals surface area contributed by atoms with Crippen molar-refractivity contribution in [2.75, 3.05) is 41.0 Å². The molecule has 0 amide bonds. The van der Waals surface area contributed by atoms with Crippen LogP contribution < -0.4 is 18.9 Å². The Morgan fingerprint density at radius 1 is 0.895 bits per heavy atom. The molecule has 0 aromatic heterocycles. The summed E-state index contributed by atoms with van der Waals surface area (Å²) in [5.74, 6) is 1.97. The first kappa shape index (κ1) is 27.5. The van der Waals surface area contributed by atoms with E-state index in [1.807, 2.05) is 42.5 Å². The lowest BCUT2D eigenvalue weighted by molar-refractivity contribution is -0.131. The summed E-state index contributed by atoms with van der Waals surface area (Å²) in [6.45, 7) is 4.17. The van der Waals surface area contributed by atoms with E-state index in [9.17, 15) is 9.18 Å². The Morgan fingerprint density at radius 2 is 1.53 bits per heavy atom. The molecule has 38 heavy (non-hydrogen) atoms. The Hall–Kier alpha value is -3.58. The van der Waals surface area contributed by atoms with Crippen LogP contribution in [0.1, 0.15) is 42.4 Å². The molecule has 1 unspecified atom stereocenters. The van der Waals surface area contributed by atoms with Gasteiger partial charge in [-0.05, 0) is 74.2 Å². The summed E-state index contributed by atoms with van der Waals surface area (Å²) in [6, 6.07) is 18.2. The van der Waals surface area contributed by atoms with Crippen molar-refractivity contribution in [3.63, 3.8) is 0 Å². The van der Waals surface area contributed by atoms with Crippen molar-refractivity contribution in [3.05, 3.63) is 83.2 Å². The fraction of sp³-hybridized carbons (Fsp3) is 0.387. The minimum atomic E-state index is -0.383. The molecule has 4 rings (SSSR count). The molecule has 0 N–H and O–H groups in total. The van der Waals surface area contributed by atoms with Gasteiger partial charge in [-0.25, -0.2) is 4.39 Å². The van der Waals surface area contributed by atoms with Crippen LogP contribution in [0.15, 0.2) is 60.7 Å². The standard InChI is InChI=1S/C31H36FNO5/c1-21(34)38-27-9-6-8-26(35-2)30(27)29(25-7-5-10-28(36-3)31(25)37-4)23-16-19-33(20-17-23)18-15-22-11-13-24(32)14-12-22/h5-14,23,29H,15-20H2,1-4H3. The summed E-state index contributed by atoms with van der Waals surface area (Å²) in [6.07, 6.45) is 2.75. The second-order valence-corrected chi connectivity index (χ2v) is 9.58. The Labute approximate surface area is 224 Å². The lowest BCUT2D eigenvalue weighted by Gasteiger charge is -2.38. The molecule has 1 aliphatic rings. The summed E-state index contributed by atoms with van der Waals surface area (Å²) in [4.78, 5) is 14.5. The first-order valence-electron chi connectivity index (χ1n) is 13.0. The molecule has 1 saturated heterocycles. The number of carbonyl (C=O) groups is 1. The van der Waals surface area contributed by atoms with Crippen LogP contribution >= 0.6 is 0 Å². The average Bonchev–Trinajstić information content (AvgIpc) is 2.93. The fourth-order valence-corrected chi connectivity index (χ4v) is 5.50. The van der Waals surface area contributed by atoms with E-state index in [4.69, 9.17) is 18.9 Å². The predicted molar refractivity (Wildman–Crippen MR) is 145 cm³/mol. The number of nitrogens with zero attached hydrogens (tertiary/aromatic N) is 1. The predicted octanol–water partition coefficient (Wildman–Crippen LogP) is 5.86. The highest BCUT2D eigenvalue weighted by Crippen LogP contribution is 2.50. The van der Waals surface area contributed by atoms with Gasteiger partial charge in [0.1, 0.15) is 17.3 Å². The number of hydrogen-bond acceptors (Lipinski definition) is 6. The van der Waals surface area contributed by atoms with Crippen LogP contribution in [-0.2, 0) is 11.2 Å². The van der Waals surface area contributed by atoms with Gasteiger partial charge >= 0.3 is 5.97 Å². The summed E-state index contributed by atoms with van der Waals surface area (Å²) < 4.78 is 36.3. The third kappa shape index (κ3) is 6.27. The topological polar surface area (TPSA) is 57.2 Å². The molecule has 7 heteroatoms. The van der Waals surface area contributed by atoms with Gasteiger partial charge < -0.3 is 23.8 Å². The molecule has 0 bridgehead atoms. The van der Waals surface area contributed by atoms with E-state index >= 15 is 0 Å². The van der Waals surface area contributed by atoms with Gasteiger partial charge in [-0.15, -0.1) is 0 Å². The highest BCUT2D eigenvalue weighted by Gasteiger charge is 2.35. The number of hydrogen-bond donors (Lipinski definition) is 0. The lowest BCUT2D eigenvalue weighted by atomic mass is 9.75. The summed E-state index contributed by atoms with van der Waals surface area (Å²) in [5.41, 5.74) is 2.93. The van der Waals surface area contributed by atoms with E-state index in [-0.39, 0.29) is 23.6 Å². The number of likely N-dealkylation sites (tertiary alicyclic amines) is 1. The number of rotatable bonds is 10. The molecule has 1 atom stereocenters. The zero-order valence-corrected chi connectivity index (χ0v) is 22.5. The van der Waals surface area contributed by atoms with E-state index in [1.165, 1.54) is 19.1 Å². The molecule has 202 valence electrons. The maximum Gasteiger partial charge on any atom is 0.308 e. The zero-order valence-electron chi connectivity index (χ0n) is 22.5. The first-order chi connectivity index (χ1) is 18.4. The molecule has 1 aliphatic heterocycles. The Bertz CT molecular complexity index is 1220. The van der Waals surface area contributed by atoms with Crippen LogP contribution in [0.4, 0.5) is 4.39 Å². The second-order valence-electron chi connectivity index (χ2n) is 9.58. The number of ether oxygens (including phenoxy) is 4. The normalized spacial score (nSPS) is 15.1. The minimum Gasteiger partial charge on any atom is -0.496 e.